The number of nitrogens with zero attached hydrogens (tertiary/aromatic N) is 1. The number of rotatable bonds is 4. The first-order valence-electron chi connectivity index (χ1n) is 6.73. The molecule has 0 fully saturated rings. The van der Waals surface area contributed by atoms with Gasteiger partial charge in [0.15, 0.2) is 0 Å². The van der Waals surface area contributed by atoms with Gasteiger partial charge in [-0.1, -0.05) is 31.5 Å². The number of hydrogen-bond donors (Lipinski definition) is 1. The van der Waals surface area contributed by atoms with Gasteiger partial charge in [0.25, 0.3) is 0 Å². The maximum Gasteiger partial charge on any atom is 0.416 e. The van der Waals surface area contributed by atoms with Gasteiger partial charge in [-0.2, -0.15) is 13.2 Å². The molecular formula is C16H16F3NO. The fourth-order valence-corrected chi connectivity index (χ4v) is 2.04. The fourth-order valence-electron chi connectivity index (χ4n) is 2.04. The Morgan fingerprint density at radius 1 is 1.10 bits per heavy atom. The molecular weight excluding hydrogens is 279 g/mol. The first-order chi connectivity index (χ1) is 9.91. The minimum Gasteiger partial charge on any atom is -0.388 e. The van der Waals surface area contributed by atoms with Gasteiger partial charge in [0.1, 0.15) is 0 Å². The van der Waals surface area contributed by atoms with Crippen molar-refractivity contribution >= 4 is 0 Å². The Kier molecular flexibility index (Phi) is 4.63. The molecule has 21 heavy (non-hydrogen) atoms. The Labute approximate surface area is 121 Å². The number of benzene rings is 1. The summed E-state index contributed by atoms with van der Waals surface area (Å²) in [6, 6.07) is 8.32. The van der Waals surface area contributed by atoms with E-state index in [9.17, 15) is 18.3 Å². The molecule has 2 aromatic rings. The molecule has 112 valence electrons. The van der Waals surface area contributed by atoms with E-state index in [1.54, 1.807) is 18.3 Å². The predicted molar refractivity (Wildman–Crippen MR) is 74.5 cm³/mol. The van der Waals surface area contributed by atoms with Crippen LogP contribution in [0.3, 0.4) is 0 Å². The summed E-state index contributed by atoms with van der Waals surface area (Å²) in [5.74, 6) is 0. The Morgan fingerprint density at radius 3 is 2.24 bits per heavy atom. The lowest BCUT2D eigenvalue weighted by molar-refractivity contribution is -0.137. The zero-order valence-electron chi connectivity index (χ0n) is 11.6. The van der Waals surface area contributed by atoms with Crippen molar-refractivity contribution < 1.29 is 18.3 Å². The maximum atomic E-state index is 12.5. The van der Waals surface area contributed by atoms with Crippen molar-refractivity contribution in [3.63, 3.8) is 0 Å². The molecule has 1 atom stereocenters. The molecule has 0 aliphatic rings. The number of aliphatic hydroxyl groups is 1. The smallest absolute Gasteiger partial charge is 0.388 e. The van der Waals surface area contributed by atoms with Crippen molar-refractivity contribution in [3.05, 3.63) is 53.7 Å². The van der Waals surface area contributed by atoms with Crippen LogP contribution >= 0.6 is 0 Å². The lowest BCUT2D eigenvalue weighted by atomic mass is 10.0. The van der Waals surface area contributed by atoms with Crippen molar-refractivity contribution in [2.24, 2.45) is 0 Å². The molecule has 0 spiro atoms. The van der Waals surface area contributed by atoms with Crippen molar-refractivity contribution in [1.29, 1.82) is 0 Å². The average Bonchev–Trinajstić information content (AvgIpc) is 2.47. The maximum absolute atomic E-state index is 12.5. The van der Waals surface area contributed by atoms with E-state index in [-0.39, 0.29) is 0 Å². The van der Waals surface area contributed by atoms with Gasteiger partial charge in [0.05, 0.1) is 17.4 Å². The topological polar surface area (TPSA) is 33.1 Å². The van der Waals surface area contributed by atoms with E-state index in [1.165, 1.54) is 12.1 Å². The number of aromatic nitrogens is 1. The third-order valence-electron chi connectivity index (χ3n) is 3.24. The number of halogens is 3. The molecule has 0 saturated heterocycles. The molecule has 0 bridgehead atoms. The number of pyridine rings is 1. The van der Waals surface area contributed by atoms with Crippen LogP contribution in [0.2, 0.25) is 0 Å². The van der Waals surface area contributed by atoms with Crippen LogP contribution in [0.1, 0.15) is 37.0 Å². The van der Waals surface area contributed by atoms with Gasteiger partial charge in [-0.25, -0.2) is 0 Å². The molecule has 0 unspecified atom stereocenters. The zero-order chi connectivity index (χ0) is 15.5. The summed E-state index contributed by atoms with van der Waals surface area (Å²) >= 11 is 0. The van der Waals surface area contributed by atoms with E-state index in [0.29, 0.717) is 23.2 Å². The number of hydrogen-bond acceptors (Lipinski definition) is 2. The van der Waals surface area contributed by atoms with Crippen LogP contribution in [-0.2, 0) is 6.18 Å². The molecule has 1 aromatic heterocycles. The summed E-state index contributed by atoms with van der Waals surface area (Å²) in [5, 5.41) is 9.84. The van der Waals surface area contributed by atoms with E-state index in [2.05, 4.69) is 4.98 Å². The lowest BCUT2D eigenvalue weighted by Crippen LogP contribution is -2.04. The monoisotopic (exact) mass is 295 g/mol. The van der Waals surface area contributed by atoms with E-state index < -0.39 is 17.8 Å². The van der Waals surface area contributed by atoms with Crippen LogP contribution in [-0.4, -0.2) is 10.1 Å². The first-order valence-corrected chi connectivity index (χ1v) is 6.73. The van der Waals surface area contributed by atoms with Crippen molar-refractivity contribution in [3.8, 4) is 11.3 Å². The fraction of sp³-hybridized carbons (Fsp3) is 0.312. The van der Waals surface area contributed by atoms with Gasteiger partial charge in [0, 0.05) is 11.8 Å². The minimum absolute atomic E-state index is 0.552. The van der Waals surface area contributed by atoms with Gasteiger partial charge in [-0.3, -0.25) is 4.98 Å². The molecule has 1 aromatic carbocycles. The summed E-state index contributed by atoms with van der Waals surface area (Å²) in [4.78, 5) is 4.20. The zero-order valence-corrected chi connectivity index (χ0v) is 11.6. The van der Waals surface area contributed by atoms with Crippen LogP contribution < -0.4 is 0 Å². The molecule has 1 heterocycles. The Balaban J connectivity index is 2.19. The van der Waals surface area contributed by atoms with Crippen LogP contribution in [0.15, 0.2) is 42.6 Å². The second kappa shape index (κ2) is 6.26. The molecule has 0 aliphatic carbocycles. The van der Waals surface area contributed by atoms with Crippen LogP contribution in [0.4, 0.5) is 13.2 Å². The number of aliphatic hydroxyl groups excluding tert-OH is 1. The van der Waals surface area contributed by atoms with E-state index in [1.807, 2.05) is 6.92 Å². The highest BCUT2D eigenvalue weighted by Crippen LogP contribution is 2.30. The largest absolute Gasteiger partial charge is 0.416 e. The van der Waals surface area contributed by atoms with Crippen LogP contribution in [0, 0.1) is 0 Å². The van der Waals surface area contributed by atoms with Gasteiger partial charge in [0.2, 0.25) is 0 Å². The summed E-state index contributed by atoms with van der Waals surface area (Å²) in [7, 11) is 0. The lowest BCUT2D eigenvalue weighted by Gasteiger charge is -2.10. The Bertz CT molecular complexity index is 576. The standard InChI is InChI=1S/C16H16F3NO/c1-2-3-15(21)12-6-9-14(20-10-12)11-4-7-13(8-5-11)16(17,18)19/h4-10,15,21H,2-3H2,1H3/t15-/m0/s1. The third kappa shape index (κ3) is 3.82. The van der Waals surface area contributed by atoms with E-state index >= 15 is 0 Å². The molecule has 2 nitrogen and oxygen atoms in total. The predicted octanol–water partition coefficient (Wildman–Crippen LogP) is 4.60. The van der Waals surface area contributed by atoms with E-state index in [0.717, 1.165) is 18.6 Å². The van der Waals surface area contributed by atoms with Crippen molar-refractivity contribution in [2.75, 3.05) is 0 Å². The van der Waals surface area contributed by atoms with Crippen molar-refractivity contribution in [2.45, 2.75) is 32.0 Å². The van der Waals surface area contributed by atoms with Crippen molar-refractivity contribution in [1.82, 2.24) is 4.98 Å². The third-order valence-corrected chi connectivity index (χ3v) is 3.24. The Hall–Kier alpha value is -1.88. The van der Waals surface area contributed by atoms with E-state index in [4.69, 9.17) is 0 Å². The molecule has 0 aliphatic heterocycles. The first kappa shape index (κ1) is 15.5. The normalized spacial score (nSPS) is 13.2. The minimum atomic E-state index is -4.33. The second-order valence-corrected chi connectivity index (χ2v) is 4.86. The Morgan fingerprint density at radius 2 is 1.76 bits per heavy atom. The average molecular weight is 295 g/mol. The molecule has 1 N–H and O–H groups in total. The molecule has 0 amide bonds. The second-order valence-electron chi connectivity index (χ2n) is 4.86. The highest BCUT2D eigenvalue weighted by molar-refractivity contribution is 5.59. The van der Waals surface area contributed by atoms with Gasteiger partial charge < -0.3 is 5.11 Å². The summed E-state index contributed by atoms with van der Waals surface area (Å²) < 4.78 is 37.5. The molecule has 0 saturated carbocycles. The van der Waals surface area contributed by atoms with Crippen LogP contribution in [0.5, 0.6) is 0 Å². The van der Waals surface area contributed by atoms with Gasteiger partial charge in [-0.15, -0.1) is 0 Å². The SMILES string of the molecule is CCC[C@H](O)c1ccc(-c2ccc(C(F)(F)F)cc2)nc1. The van der Waals surface area contributed by atoms with Gasteiger partial charge >= 0.3 is 6.18 Å². The molecule has 5 heteroatoms. The van der Waals surface area contributed by atoms with Gasteiger partial charge in [-0.05, 0) is 30.2 Å². The molecule has 0 radical (unpaired) electrons. The summed E-state index contributed by atoms with van der Waals surface area (Å²) in [5.41, 5.74) is 1.23. The van der Waals surface area contributed by atoms with Crippen LogP contribution in [0.25, 0.3) is 11.3 Å². The number of alkyl halides is 3. The highest BCUT2D eigenvalue weighted by atomic mass is 19.4. The summed E-state index contributed by atoms with van der Waals surface area (Å²) in [6.07, 6.45) is -1.81. The quantitative estimate of drug-likeness (QED) is 0.894. The molecule has 2 rings (SSSR count). The summed E-state index contributed by atoms with van der Waals surface area (Å²) in [6.45, 7) is 1.98. The highest BCUT2D eigenvalue weighted by Gasteiger charge is 2.29.